The molecular formula is C27H40BrN3O. The van der Waals surface area contributed by atoms with Crippen LogP contribution >= 0.6 is 15.9 Å². The normalized spacial score (nSPS) is 31.1. The van der Waals surface area contributed by atoms with Crippen LogP contribution in [0.3, 0.4) is 0 Å². The van der Waals surface area contributed by atoms with Crippen molar-refractivity contribution in [3.8, 4) is 0 Å². The van der Waals surface area contributed by atoms with Crippen LogP contribution in [0.15, 0.2) is 40.5 Å². The number of nitrogens with zero attached hydrogens (tertiary/aromatic N) is 2. The Bertz CT molecular complexity index is 811. The van der Waals surface area contributed by atoms with E-state index in [1.165, 1.54) is 36.9 Å². The second-order valence-corrected chi connectivity index (χ2v) is 11.9. The summed E-state index contributed by atoms with van der Waals surface area (Å²) in [7, 11) is 0. The molecule has 0 bridgehead atoms. The summed E-state index contributed by atoms with van der Waals surface area (Å²) in [6.07, 6.45) is 8.07. The Labute approximate surface area is 202 Å². The summed E-state index contributed by atoms with van der Waals surface area (Å²) in [4.78, 5) is 17.8. The van der Waals surface area contributed by atoms with Crippen molar-refractivity contribution in [3.63, 3.8) is 0 Å². The highest BCUT2D eigenvalue weighted by Crippen LogP contribution is 2.55. The number of rotatable bonds is 7. The van der Waals surface area contributed by atoms with Crippen LogP contribution in [0.25, 0.3) is 0 Å². The van der Waals surface area contributed by atoms with E-state index in [1.54, 1.807) is 0 Å². The Morgan fingerprint density at radius 3 is 2.53 bits per heavy atom. The van der Waals surface area contributed by atoms with Gasteiger partial charge in [-0.2, -0.15) is 0 Å². The lowest BCUT2D eigenvalue weighted by Gasteiger charge is -2.37. The maximum Gasteiger partial charge on any atom is 0.220 e. The van der Waals surface area contributed by atoms with Gasteiger partial charge in [-0.25, -0.2) is 0 Å². The molecule has 1 aromatic carbocycles. The second kappa shape index (κ2) is 10.3. The Morgan fingerprint density at radius 1 is 1.12 bits per heavy atom. The van der Waals surface area contributed by atoms with Gasteiger partial charge in [-0.3, -0.25) is 9.69 Å². The van der Waals surface area contributed by atoms with Gasteiger partial charge in [-0.05, 0) is 73.5 Å². The van der Waals surface area contributed by atoms with Crippen LogP contribution in [0, 0.1) is 23.2 Å². The number of carbonyl (C=O) groups excluding carboxylic acids is 1. The minimum absolute atomic E-state index is 0.175. The SMILES string of the molecule is CC=C(CNC(=O)CC1(C)CC(C)CC2CC2C1)N1CCN(Cc2ccc(Br)cc2)CC1. The van der Waals surface area contributed by atoms with Crippen LogP contribution in [-0.2, 0) is 11.3 Å². The molecule has 5 heteroatoms. The molecule has 1 aromatic rings. The first-order valence-corrected chi connectivity index (χ1v) is 13.3. The third kappa shape index (κ3) is 6.38. The number of hydrogen-bond donors (Lipinski definition) is 1. The van der Waals surface area contributed by atoms with E-state index in [-0.39, 0.29) is 11.3 Å². The number of allylic oxidation sites excluding steroid dienone is 1. The zero-order chi connectivity index (χ0) is 22.7. The summed E-state index contributed by atoms with van der Waals surface area (Å²) in [5.41, 5.74) is 2.79. The van der Waals surface area contributed by atoms with E-state index < -0.39 is 0 Å². The van der Waals surface area contributed by atoms with Crippen molar-refractivity contribution in [3.05, 3.63) is 46.1 Å². The maximum atomic E-state index is 12.9. The lowest BCUT2D eigenvalue weighted by molar-refractivity contribution is -0.123. The molecule has 1 amide bonds. The van der Waals surface area contributed by atoms with Gasteiger partial charge in [0.2, 0.25) is 5.91 Å². The fraction of sp³-hybridized carbons (Fsp3) is 0.667. The highest BCUT2D eigenvalue weighted by Gasteiger charge is 2.46. The lowest BCUT2D eigenvalue weighted by atomic mass is 9.75. The Kier molecular flexibility index (Phi) is 7.66. The van der Waals surface area contributed by atoms with E-state index in [1.807, 2.05) is 0 Å². The van der Waals surface area contributed by atoms with Crippen LogP contribution in [0.5, 0.6) is 0 Å². The summed E-state index contributed by atoms with van der Waals surface area (Å²) in [6, 6.07) is 8.63. The van der Waals surface area contributed by atoms with Crippen molar-refractivity contribution < 1.29 is 4.79 Å². The summed E-state index contributed by atoms with van der Waals surface area (Å²) < 4.78 is 1.13. The number of piperazine rings is 1. The highest BCUT2D eigenvalue weighted by molar-refractivity contribution is 9.10. The van der Waals surface area contributed by atoms with Crippen LogP contribution in [-0.4, -0.2) is 48.4 Å². The van der Waals surface area contributed by atoms with Crippen molar-refractivity contribution in [1.82, 2.24) is 15.1 Å². The maximum absolute atomic E-state index is 12.9. The predicted molar refractivity (Wildman–Crippen MR) is 135 cm³/mol. The van der Waals surface area contributed by atoms with Gasteiger partial charge in [-0.15, -0.1) is 0 Å². The number of carbonyl (C=O) groups is 1. The number of fused-ring (bicyclic) bond motifs is 1. The van der Waals surface area contributed by atoms with Crippen molar-refractivity contribution in [2.75, 3.05) is 32.7 Å². The molecule has 4 rings (SSSR count). The number of amides is 1. The van der Waals surface area contributed by atoms with Gasteiger partial charge in [0.1, 0.15) is 0 Å². The van der Waals surface area contributed by atoms with E-state index in [2.05, 4.69) is 82.2 Å². The lowest BCUT2D eigenvalue weighted by Crippen LogP contribution is -2.47. The molecule has 1 saturated heterocycles. The topological polar surface area (TPSA) is 35.6 Å². The molecule has 176 valence electrons. The van der Waals surface area contributed by atoms with Crippen molar-refractivity contribution in [2.24, 2.45) is 23.2 Å². The minimum Gasteiger partial charge on any atom is -0.371 e. The number of halogens is 1. The Balaban J connectivity index is 1.21. The minimum atomic E-state index is 0.175. The summed E-state index contributed by atoms with van der Waals surface area (Å²) in [5.74, 6) is 2.82. The van der Waals surface area contributed by atoms with Crippen LogP contribution in [0.2, 0.25) is 0 Å². The molecule has 2 saturated carbocycles. The van der Waals surface area contributed by atoms with E-state index in [9.17, 15) is 4.79 Å². The molecule has 0 radical (unpaired) electrons. The van der Waals surface area contributed by atoms with E-state index >= 15 is 0 Å². The second-order valence-electron chi connectivity index (χ2n) is 10.9. The van der Waals surface area contributed by atoms with E-state index in [0.29, 0.717) is 13.0 Å². The molecule has 4 atom stereocenters. The van der Waals surface area contributed by atoms with Crippen molar-refractivity contribution in [1.29, 1.82) is 0 Å². The molecule has 3 fully saturated rings. The predicted octanol–water partition coefficient (Wildman–Crippen LogP) is 5.44. The van der Waals surface area contributed by atoms with Crippen molar-refractivity contribution >= 4 is 21.8 Å². The average Bonchev–Trinajstić information content (AvgIpc) is 3.47. The number of benzene rings is 1. The smallest absolute Gasteiger partial charge is 0.220 e. The molecule has 1 aliphatic heterocycles. The average molecular weight is 503 g/mol. The highest BCUT2D eigenvalue weighted by atomic mass is 79.9. The molecule has 1 heterocycles. The van der Waals surface area contributed by atoms with Gasteiger partial charge in [0.25, 0.3) is 0 Å². The van der Waals surface area contributed by atoms with Gasteiger partial charge in [0, 0.05) is 49.3 Å². The van der Waals surface area contributed by atoms with Gasteiger partial charge < -0.3 is 10.2 Å². The van der Waals surface area contributed by atoms with Crippen LogP contribution < -0.4 is 5.32 Å². The fourth-order valence-electron chi connectivity index (χ4n) is 6.23. The van der Waals surface area contributed by atoms with E-state index in [0.717, 1.165) is 55.0 Å². The monoisotopic (exact) mass is 501 g/mol. The summed E-state index contributed by atoms with van der Waals surface area (Å²) in [6.45, 7) is 12.6. The molecular weight excluding hydrogens is 462 g/mol. The summed E-state index contributed by atoms with van der Waals surface area (Å²) in [5, 5.41) is 3.26. The quantitative estimate of drug-likeness (QED) is 0.540. The standard InChI is InChI=1S/C27H40BrN3O/c1-4-25(31-11-9-30(10-12-31)19-21-5-7-24(28)8-6-21)18-29-26(32)17-27(3)15-20(2)13-22-14-23(22)16-27/h4-8,20,22-23H,9-19H2,1-3H3,(H,29,32). The molecule has 2 aliphatic carbocycles. The molecule has 0 aromatic heterocycles. The zero-order valence-corrected chi connectivity index (χ0v) is 21.7. The Hall–Kier alpha value is -1.33. The summed E-state index contributed by atoms with van der Waals surface area (Å²) >= 11 is 3.51. The third-order valence-electron chi connectivity index (χ3n) is 7.86. The number of nitrogens with one attached hydrogen (secondary N) is 1. The zero-order valence-electron chi connectivity index (χ0n) is 20.1. The number of hydrogen-bond acceptors (Lipinski definition) is 3. The van der Waals surface area contributed by atoms with Crippen LogP contribution in [0.1, 0.15) is 58.4 Å². The van der Waals surface area contributed by atoms with Crippen LogP contribution in [0.4, 0.5) is 0 Å². The molecule has 1 N–H and O–H groups in total. The molecule has 3 aliphatic rings. The molecule has 32 heavy (non-hydrogen) atoms. The first-order valence-electron chi connectivity index (χ1n) is 12.5. The fourth-order valence-corrected chi connectivity index (χ4v) is 6.49. The third-order valence-corrected chi connectivity index (χ3v) is 8.38. The van der Waals surface area contributed by atoms with Gasteiger partial charge in [0.15, 0.2) is 0 Å². The van der Waals surface area contributed by atoms with E-state index in [4.69, 9.17) is 0 Å². The molecule has 4 unspecified atom stereocenters. The van der Waals surface area contributed by atoms with Gasteiger partial charge in [0.05, 0.1) is 6.54 Å². The molecule has 0 spiro atoms. The first kappa shape index (κ1) is 23.8. The Morgan fingerprint density at radius 2 is 1.84 bits per heavy atom. The first-order chi connectivity index (χ1) is 15.3. The molecule has 4 nitrogen and oxygen atoms in total. The largest absolute Gasteiger partial charge is 0.371 e. The van der Waals surface area contributed by atoms with Crippen molar-refractivity contribution in [2.45, 2.75) is 59.4 Å². The van der Waals surface area contributed by atoms with Gasteiger partial charge in [-0.1, -0.05) is 48.0 Å². The van der Waals surface area contributed by atoms with Gasteiger partial charge >= 0.3 is 0 Å².